The van der Waals surface area contributed by atoms with Crippen molar-refractivity contribution in [2.24, 2.45) is 0 Å². The Kier molecular flexibility index (Phi) is 9.64. The van der Waals surface area contributed by atoms with Crippen LogP contribution in [0.5, 0.6) is 5.75 Å². The average Bonchev–Trinajstić information content (AvgIpc) is 3.55. The van der Waals surface area contributed by atoms with Crippen LogP contribution < -0.4 is 10.1 Å². The van der Waals surface area contributed by atoms with Gasteiger partial charge in [-0.15, -0.1) is 0 Å². The van der Waals surface area contributed by atoms with Crippen LogP contribution in [0.3, 0.4) is 0 Å². The lowest BCUT2D eigenvalue weighted by molar-refractivity contribution is -0.138. The fourth-order valence-corrected chi connectivity index (χ4v) is 5.64. The number of rotatable bonds is 9. The molecule has 3 aromatic rings. The van der Waals surface area contributed by atoms with Gasteiger partial charge >= 0.3 is 0 Å². The molecule has 1 saturated heterocycles. The molecular formula is C31H32BrFN6O5. The smallest absolute Gasteiger partial charge is 0.247 e. The van der Waals surface area contributed by atoms with Gasteiger partial charge in [-0.2, -0.15) is 5.10 Å². The molecule has 0 bridgehead atoms. The van der Waals surface area contributed by atoms with Gasteiger partial charge in [0.15, 0.2) is 5.78 Å². The lowest BCUT2D eigenvalue weighted by atomic mass is 10.0. The number of ketones is 1. The van der Waals surface area contributed by atoms with Crippen molar-refractivity contribution in [2.45, 2.75) is 51.9 Å². The zero-order chi connectivity index (χ0) is 31.4. The van der Waals surface area contributed by atoms with Gasteiger partial charge in [-0.3, -0.25) is 19.1 Å². The van der Waals surface area contributed by atoms with Crippen LogP contribution >= 0.6 is 15.9 Å². The molecular weight excluding hydrogens is 635 g/mol. The summed E-state index contributed by atoms with van der Waals surface area (Å²) in [6, 6.07) is 2.36. The molecule has 0 saturated carbocycles. The van der Waals surface area contributed by atoms with Gasteiger partial charge in [-0.25, -0.2) is 14.4 Å². The zero-order valence-corrected chi connectivity index (χ0v) is 25.9. The van der Waals surface area contributed by atoms with E-state index in [0.717, 1.165) is 4.48 Å². The van der Waals surface area contributed by atoms with Gasteiger partial charge in [0.2, 0.25) is 11.8 Å². The number of likely N-dealkylation sites (tertiary alicyclic amines) is 1. The van der Waals surface area contributed by atoms with E-state index in [4.69, 9.17) is 4.74 Å². The summed E-state index contributed by atoms with van der Waals surface area (Å²) in [6.45, 7) is 2.34. The van der Waals surface area contributed by atoms with E-state index in [2.05, 4.69) is 36.3 Å². The number of ether oxygens (including phenoxy) is 1. The number of fused-ring (bicyclic) bond motifs is 1. The van der Waals surface area contributed by atoms with E-state index in [0.29, 0.717) is 52.1 Å². The fraction of sp³-hybridized carbons (Fsp3) is 0.355. The molecule has 1 fully saturated rings. The number of carbonyl (C=O) groups excluding carboxylic acids is 3. The standard InChI is InChI=1S/C31H32BrFN6O5/c1-18(41)30-25-12-24(20-14-34-19(2)35-15-20)28(44-10-9-40)13-26(25)39(37-30)17-29(42)38-16-22(33)11-27(38)31(43)36-23-7-3-5-21(32)6-4-8-23/h3,5-7,12-15,22,27,40H,4,8-11,16-17H2,1-2H3,(H,36,43)/t22-,27+/m1/s1. The van der Waals surface area contributed by atoms with Crippen LogP contribution in [0.1, 0.15) is 42.5 Å². The number of hydrogen-bond acceptors (Lipinski definition) is 8. The Morgan fingerprint density at radius 2 is 2.00 bits per heavy atom. The van der Waals surface area contributed by atoms with E-state index >= 15 is 0 Å². The molecule has 1 aromatic carbocycles. The van der Waals surface area contributed by atoms with Crippen molar-refractivity contribution >= 4 is 44.4 Å². The van der Waals surface area contributed by atoms with Crippen LogP contribution in [0.4, 0.5) is 4.39 Å². The number of aryl methyl sites for hydroxylation is 1. The van der Waals surface area contributed by atoms with Crippen molar-refractivity contribution in [3.8, 4) is 16.9 Å². The zero-order valence-electron chi connectivity index (χ0n) is 24.3. The summed E-state index contributed by atoms with van der Waals surface area (Å²) < 4.78 is 22.8. The molecule has 1 aliphatic carbocycles. The Morgan fingerprint density at radius 3 is 2.73 bits per heavy atom. The molecule has 230 valence electrons. The van der Waals surface area contributed by atoms with E-state index in [1.165, 1.54) is 16.5 Å². The van der Waals surface area contributed by atoms with Gasteiger partial charge in [-0.05, 0) is 38.0 Å². The number of aliphatic hydroxyl groups excluding tert-OH is 1. The van der Waals surface area contributed by atoms with Gasteiger partial charge in [0, 0.05) is 58.5 Å². The number of allylic oxidation sites excluding steroid dienone is 6. The minimum Gasteiger partial charge on any atom is -0.490 e. The number of aromatic nitrogens is 4. The van der Waals surface area contributed by atoms with Crippen LogP contribution in [-0.4, -0.2) is 79.3 Å². The quantitative estimate of drug-likeness (QED) is 0.328. The van der Waals surface area contributed by atoms with Crippen molar-refractivity contribution in [2.75, 3.05) is 19.8 Å². The first-order valence-electron chi connectivity index (χ1n) is 14.2. The number of nitrogens with zero attached hydrogens (tertiary/aromatic N) is 5. The van der Waals surface area contributed by atoms with Crippen molar-refractivity contribution in [3.05, 3.63) is 70.5 Å². The highest BCUT2D eigenvalue weighted by Crippen LogP contribution is 2.36. The van der Waals surface area contributed by atoms with Crippen LogP contribution in [-0.2, 0) is 16.1 Å². The van der Waals surface area contributed by atoms with E-state index in [1.807, 2.05) is 12.2 Å². The monoisotopic (exact) mass is 666 g/mol. The highest BCUT2D eigenvalue weighted by Gasteiger charge is 2.40. The third-order valence-electron chi connectivity index (χ3n) is 7.37. The summed E-state index contributed by atoms with van der Waals surface area (Å²) in [5.74, 6) is -0.343. The molecule has 0 spiro atoms. The normalized spacial score (nSPS) is 18.4. The molecule has 3 heterocycles. The highest BCUT2D eigenvalue weighted by atomic mass is 79.9. The van der Waals surface area contributed by atoms with Crippen LogP contribution in [0.15, 0.2) is 59.0 Å². The van der Waals surface area contributed by atoms with Crippen LogP contribution in [0.25, 0.3) is 22.0 Å². The first-order valence-corrected chi connectivity index (χ1v) is 15.0. The first-order chi connectivity index (χ1) is 21.1. The molecule has 0 unspecified atom stereocenters. The van der Waals surface area contributed by atoms with Gasteiger partial charge in [0.1, 0.15) is 42.6 Å². The summed E-state index contributed by atoms with van der Waals surface area (Å²) >= 11 is 3.43. The largest absolute Gasteiger partial charge is 0.490 e. The number of Topliss-reactive ketones (excluding diaryl/α,β-unsaturated/α-hetero) is 1. The van der Waals surface area contributed by atoms with Gasteiger partial charge < -0.3 is 20.1 Å². The summed E-state index contributed by atoms with van der Waals surface area (Å²) in [7, 11) is 0. The Hall–Kier alpha value is -4.23. The Morgan fingerprint density at radius 1 is 1.23 bits per heavy atom. The summed E-state index contributed by atoms with van der Waals surface area (Å²) in [6.07, 6.45) is 10.5. The number of hydrogen-bond donors (Lipinski definition) is 2. The summed E-state index contributed by atoms with van der Waals surface area (Å²) in [5, 5.41) is 17.2. The molecule has 11 nitrogen and oxygen atoms in total. The SMILES string of the molecule is CC(=O)c1nn(CC(=O)N2C[C@H](F)C[C@H]2C(=O)NC2=CC=CC(Br)=CCC2)c2cc(OCCO)c(-c3cnc(C)nc3)cc12. The number of carbonyl (C=O) groups is 3. The van der Waals surface area contributed by atoms with Crippen molar-refractivity contribution in [3.63, 3.8) is 0 Å². The molecule has 0 radical (unpaired) electrons. The van der Waals surface area contributed by atoms with E-state index in [9.17, 15) is 23.9 Å². The van der Waals surface area contributed by atoms with Crippen LogP contribution in [0.2, 0.25) is 0 Å². The third kappa shape index (κ3) is 6.94. The lowest BCUT2D eigenvalue weighted by Crippen LogP contribution is -2.46. The van der Waals surface area contributed by atoms with E-state index in [-0.39, 0.29) is 44.2 Å². The Labute approximate surface area is 261 Å². The second-order valence-electron chi connectivity index (χ2n) is 10.6. The Balaban J connectivity index is 1.44. The molecule has 1 aliphatic heterocycles. The van der Waals surface area contributed by atoms with Crippen molar-refractivity contribution in [1.82, 2.24) is 30.0 Å². The minimum atomic E-state index is -1.36. The molecule has 2 N–H and O–H groups in total. The molecule has 2 amide bonds. The van der Waals surface area contributed by atoms with E-state index in [1.54, 1.807) is 43.6 Å². The predicted octanol–water partition coefficient (Wildman–Crippen LogP) is 3.94. The number of alkyl halides is 1. The molecule has 44 heavy (non-hydrogen) atoms. The summed E-state index contributed by atoms with van der Waals surface area (Å²) in [5.41, 5.74) is 2.45. The molecule has 5 rings (SSSR count). The maximum absolute atomic E-state index is 14.7. The second kappa shape index (κ2) is 13.6. The topological polar surface area (TPSA) is 140 Å². The Bertz CT molecular complexity index is 1680. The number of amides is 2. The fourth-order valence-electron chi connectivity index (χ4n) is 5.26. The maximum atomic E-state index is 14.7. The van der Waals surface area contributed by atoms with Crippen LogP contribution in [0, 0.1) is 6.92 Å². The molecule has 2 atom stereocenters. The highest BCUT2D eigenvalue weighted by molar-refractivity contribution is 9.11. The average molecular weight is 668 g/mol. The molecule has 13 heteroatoms. The molecule has 2 aromatic heterocycles. The minimum absolute atomic E-state index is 0.000102. The number of halogens is 2. The number of aliphatic hydroxyl groups is 1. The number of nitrogens with one attached hydrogen (secondary N) is 1. The van der Waals surface area contributed by atoms with Gasteiger partial charge in [0.05, 0.1) is 18.7 Å². The van der Waals surface area contributed by atoms with E-state index < -0.39 is 24.0 Å². The lowest BCUT2D eigenvalue weighted by Gasteiger charge is -2.24. The van der Waals surface area contributed by atoms with Gasteiger partial charge in [0.25, 0.3) is 0 Å². The third-order valence-corrected chi connectivity index (χ3v) is 7.96. The summed E-state index contributed by atoms with van der Waals surface area (Å²) in [4.78, 5) is 49.2. The second-order valence-corrected chi connectivity index (χ2v) is 11.5. The first kappa shape index (κ1) is 31.2. The molecule has 2 aliphatic rings. The van der Waals surface area contributed by atoms with Gasteiger partial charge in [-0.1, -0.05) is 28.1 Å². The van der Waals surface area contributed by atoms with Crippen molar-refractivity contribution < 1.29 is 28.6 Å². The van der Waals surface area contributed by atoms with Crippen molar-refractivity contribution in [1.29, 1.82) is 0 Å². The number of benzene rings is 1. The maximum Gasteiger partial charge on any atom is 0.247 e. The predicted molar refractivity (Wildman–Crippen MR) is 165 cm³/mol.